The van der Waals surface area contributed by atoms with Crippen LogP contribution in [0.25, 0.3) is 106 Å². The van der Waals surface area contributed by atoms with E-state index < -0.39 is 0 Å². The molecule has 3 heterocycles. The molecule has 5 nitrogen and oxygen atoms in total. The van der Waals surface area contributed by atoms with E-state index in [0.29, 0.717) is 17.5 Å². The molecule has 262 valence electrons. The highest BCUT2D eigenvalue weighted by Crippen LogP contribution is 2.38. The van der Waals surface area contributed by atoms with Crippen LogP contribution in [0.15, 0.2) is 199 Å². The Balaban J connectivity index is 1.09. The maximum Gasteiger partial charge on any atom is 0.164 e. The van der Waals surface area contributed by atoms with Crippen molar-refractivity contribution in [2.24, 2.45) is 0 Å². The van der Waals surface area contributed by atoms with Gasteiger partial charge < -0.3 is 8.98 Å². The second-order valence-corrected chi connectivity index (χ2v) is 14.0. The lowest BCUT2D eigenvalue weighted by Crippen LogP contribution is -2.01. The number of hydrogen-bond acceptors (Lipinski definition) is 4. The Morgan fingerprint density at radius 2 is 0.911 bits per heavy atom. The molecule has 11 rings (SSSR count). The number of rotatable bonds is 6. The van der Waals surface area contributed by atoms with Gasteiger partial charge in [-0.05, 0) is 64.7 Å². The Kier molecular flexibility index (Phi) is 7.42. The minimum atomic E-state index is 0.593. The van der Waals surface area contributed by atoms with Gasteiger partial charge in [-0.1, -0.05) is 152 Å². The van der Waals surface area contributed by atoms with Gasteiger partial charge in [0.05, 0.1) is 11.0 Å². The largest absolute Gasteiger partial charge is 0.456 e. The SMILES string of the molecule is c1ccc(-c2cccc(-c3ccc4c5ccccc5n(-c5cccc(-c6nc(-c7ccccc7)nc(-c7cccc8oc9ccccc9c78)n6)c5)c4c3)c2)cc1. The van der Waals surface area contributed by atoms with Gasteiger partial charge in [0.15, 0.2) is 17.5 Å². The fraction of sp³-hybridized carbons (Fsp3) is 0. The van der Waals surface area contributed by atoms with Crippen LogP contribution in [0.4, 0.5) is 0 Å². The molecule has 11 aromatic rings. The molecule has 0 saturated carbocycles. The molecule has 0 bridgehead atoms. The summed E-state index contributed by atoms with van der Waals surface area (Å²) in [5.41, 5.74) is 12.4. The first kappa shape index (κ1) is 31.9. The van der Waals surface area contributed by atoms with Crippen LogP contribution in [-0.2, 0) is 0 Å². The summed E-state index contributed by atoms with van der Waals surface area (Å²) in [6, 6.07) is 67.6. The molecule has 0 amide bonds. The van der Waals surface area contributed by atoms with E-state index in [1.807, 2.05) is 60.7 Å². The number of benzene rings is 8. The van der Waals surface area contributed by atoms with Gasteiger partial charge in [-0.3, -0.25) is 0 Å². The van der Waals surface area contributed by atoms with Crippen LogP contribution < -0.4 is 0 Å². The van der Waals surface area contributed by atoms with Crippen molar-refractivity contribution in [2.45, 2.75) is 0 Å². The molecule has 0 fully saturated rings. The molecule has 0 N–H and O–H groups in total. The van der Waals surface area contributed by atoms with Gasteiger partial charge >= 0.3 is 0 Å². The van der Waals surface area contributed by atoms with Gasteiger partial charge in [0.1, 0.15) is 11.2 Å². The maximum atomic E-state index is 6.26. The number of furan rings is 1. The number of fused-ring (bicyclic) bond motifs is 6. The topological polar surface area (TPSA) is 56.7 Å². The fourth-order valence-corrected chi connectivity index (χ4v) is 8.02. The first-order chi connectivity index (χ1) is 27.7. The molecule has 0 radical (unpaired) electrons. The highest BCUT2D eigenvalue weighted by molar-refractivity contribution is 6.12. The second-order valence-electron chi connectivity index (χ2n) is 14.0. The summed E-state index contributed by atoms with van der Waals surface area (Å²) in [6.07, 6.45) is 0. The third-order valence-electron chi connectivity index (χ3n) is 10.7. The minimum Gasteiger partial charge on any atom is -0.456 e. The zero-order chi connectivity index (χ0) is 37.0. The Bertz CT molecular complexity index is 3250. The fourth-order valence-electron chi connectivity index (χ4n) is 8.02. The van der Waals surface area contributed by atoms with Gasteiger partial charge in [0, 0.05) is 43.9 Å². The Hall–Kier alpha value is -7.63. The van der Waals surface area contributed by atoms with Crippen molar-refractivity contribution in [3.63, 3.8) is 0 Å². The van der Waals surface area contributed by atoms with Crippen LogP contribution in [0.1, 0.15) is 0 Å². The zero-order valence-electron chi connectivity index (χ0n) is 30.2. The number of hydrogen-bond donors (Lipinski definition) is 0. The molecular formula is C51H32N4O. The number of aromatic nitrogens is 4. The van der Waals surface area contributed by atoms with Crippen molar-refractivity contribution in [3.8, 4) is 62.1 Å². The van der Waals surface area contributed by atoms with Crippen molar-refractivity contribution < 1.29 is 4.42 Å². The van der Waals surface area contributed by atoms with Crippen LogP contribution in [0.3, 0.4) is 0 Å². The first-order valence-corrected chi connectivity index (χ1v) is 18.8. The van der Waals surface area contributed by atoms with Gasteiger partial charge in [0.25, 0.3) is 0 Å². The minimum absolute atomic E-state index is 0.593. The molecule has 0 unspecified atom stereocenters. The Morgan fingerprint density at radius 1 is 0.339 bits per heavy atom. The predicted octanol–water partition coefficient (Wildman–Crippen LogP) is 13.2. The van der Waals surface area contributed by atoms with Crippen LogP contribution in [-0.4, -0.2) is 19.5 Å². The standard InChI is InChI=1S/C51H32N4O/c1-3-14-33(15-4-1)35-18-11-19-36(30-35)37-28-29-41-40-22-7-9-25-44(40)55(45(41)32-37)39-21-12-20-38(31-39)50-52-49(34-16-5-2-6-17-34)53-51(54-50)43-24-13-27-47-48(43)42-23-8-10-26-46(42)56-47/h1-32H. The molecule has 0 aliphatic rings. The summed E-state index contributed by atoms with van der Waals surface area (Å²) < 4.78 is 8.62. The molecule has 0 saturated heterocycles. The van der Waals surface area contributed by atoms with E-state index >= 15 is 0 Å². The summed E-state index contributed by atoms with van der Waals surface area (Å²) in [6.45, 7) is 0. The van der Waals surface area contributed by atoms with Crippen molar-refractivity contribution in [1.29, 1.82) is 0 Å². The third-order valence-corrected chi connectivity index (χ3v) is 10.7. The quantitative estimate of drug-likeness (QED) is 0.172. The molecule has 0 atom stereocenters. The van der Waals surface area contributed by atoms with E-state index in [1.165, 1.54) is 27.5 Å². The van der Waals surface area contributed by atoms with E-state index in [-0.39, 0.29) is 0 Å². The van der Waals surface area contributed by atoms with E-state index in [0.717, 1.165) is 60.9 Å². The van der Waals surface area contributed by atoms with Crippen molar-refractivity contribution in [2.75, 3.05) is 0 Å². The lowest BCUT2D eigenvalue weighted by atomic mass is 9.98. The summed E-state index contributed by atoms with van der Waals surface area (Å²) in [7, 11) is 0. The van der Waals surface area contributed by atoms with E-state index in [1.54, 1.807) is 0 Å². The number of nitrogens with zero attached hydrogens (tertiary/aromatic N) is 4. The summed E-state index contributed by atoms with van der Waals surface area (Å²) in [5, 5.41) is 4.42. The average Bonchev–Trinajstić information content (AvgIpc) is 3.83. The van der Waals surface area contributed by atoms with Gasteiger partial charge in [-0.2, -0.15) is 0 Å². The normalized spacial score (nSPS) is 11.6. The van der Waals surface area contributed by atoms with Crippen LogP contribution in [0.5, 0.6) is 0 Å². The van der Waals surface area contributed by atoms with E-state index in [9.17, 15) is 0 Å². The molecule has 0 aliphatic carbocycles. The third kappa shape index (κ3) is 5.37. The molecule has 3 aromatic heterocycles. The van der Waals surface area contributed by atoms with Crippen LogP contribution >= 0.6 is 0 Å². The highest BCUT2D eigenvalue weighted by Gasteiger charge is 2.19. The molecular weight excluding hydrogens is 685 g/mol. The summed E-state index contributed by atoms with van der Waals surface area (Å²) >= 11 is 0. The van der Waals surface area contributed by atoms with Crippen molar-refractivity contribution in [1.82, 2.24) is 19.5 Å². The molecule has 56 heavy (non-hydrogen) atoms. The monoisotopic (exact) mass is 716 g/mol. The lowest BCUT2D eigenvalue weighted by molar-refractivity contribution is 0.669. The van der Waals surface area contributed by atoms with Crippen molar-refractivity contribution >= 4 is 43.7 Å². The van der Waals surface area contributed by atoms with Crippen molar-refractivity contribution in [3.05, 3.63) is 194 Å². The molecule has 0 aliphatic heterocycles. The lowest BCUT2D eigenvalue weighted by Gasteiger charge is -2.12. The van der Waals surface area contributed by atoms with E-state index in [2.05, 4.69) is 138 Å². The second kappa shape index (κ2) is 13.0. The van der Waals surface area contributed by atoms with Gasteiger partial charge in [-0.25, -0.2) is 15.0 Å². The average molecular weight is 717 g/mol. The zero-order valence-corrected chi connectivity index (χ0v) is 30.2. The molecule has 5 heteroatoms. The van der Waals surface area contributed by atoms with Gasteiger partial charge in [0.2, 0.25) is 0 Å². The predicted molar refractivity (Wildman–Crippen MR) is 229 cm³/mol. The first-order valence-electron chi connectivity index (χ1n) is 18.8. The molecule has 0 spiro atoms. The van der Waals surface area contributed by atoms with Gasteiger partial charge in [-0.15, -0.1) is 0 Å². The Morgan fingerprint density at radius 3 is 1.75 bits per heavy atom. The summed E-state index contributed by atoms with van der Waals surface area (Å²) in [5.74, 6) is 1.80. The Labute approximate surface area is 322 Å². The smallest absolute Gasteiger partial charge is 0.164 e. The summed E-state index contributed by atoms with van der Waals surface area (Å²) in [4.78, 5) is 15.4. The highest BCUT2D eigenvalue weighted by atomic mass is 16.3. The van der Waals surface area contributed by atoms with E-state index in [4.69, 9.17) is 19.4 Å². The maximum absolute atomic E-state index is 6.26. The number of para-hydroxylation sites is 2. The van der Waals surface area contributed by atoms with Crippen LogP contribution in [0, 0.1) is 0 Å². The van der Waals surface area contributed by atoms with Crippen LogP contribution in [0.2, 0.25) is 0 Å². The molecule has 8 aromatic carbocycles.